The molecule has 1 aliphatic heterocycles. The second-order valence-corrected chi connectivity index (χ2v) is 7.17. The van der Waals surface area contributed by atoms with E-state index in [0.29, 0.717) is 10.5 Å². The third kappa shape index (κ3) is 3.54. The SMILES string of the molecule is COc1cc(/C=C2\SC(=S)N([C@H](C(=O)[O-])C(C)C)C2=O)ccc1O. The van der Waals surface area contributed by atoms with E-state index in [0.717, 1.165) is 16.7 Å². The molecule has 1 amide bonds. The smallest absolute Gasteiger partial charge is 0.266 e. The molecule has 0 aromatic heterocycles. The molecule has 1 N–H and O–H groups in total. The molecule has 0 unspecified atom stereocenters. The first kappa shape index (κ1) is 18.3. The van der Waals surface area contributed by atoms with Crippen LogP contribution in [0.3, 0.4) is 0 Å². The Morgan fingerprint density at radius 2 is 2.12 bits per heavy atom. The third-order valence-corrected chi connectivity index (χ3v) is 4.81. The number of phenolic OH excluding ortho intramolecular Hbond substituents is 1. The van der Waals surface area contributed by atoms with E-state index in [-0.39, 0.29) is 21.7 Å². The van der Waals surface area contributed by atoms with Crippen molar-refractivity contribution in [2.24, 2.45) is 5.92 Å². The molecule has 0 radical (unpaired) electrons. The molecule has 1 fully saturated rings. The van der Waals surface area contributed by atoms with Crippen LogP contribution in [0.15, 0.2) is 23.1 Å². The highest BCUT2D eigenvalue weighted by Gasteiger charge is 2.39. The van der Waals surface area contributed by atoms with Crippen LogP contribution in [0.2, 0.25) is 0 Å². The number of amides is 1. The van der Waals surface area contributed by atoms with Crippen LogP contribution in [0.5, 0.6) is 11.5 Å². The summed E-state index contributed by atoms with van der Waals surface area (Å²) < 4.78 is 5.21. The standard InChI is InChI=1S/C16H17NO5S2/c1-8(2)13(15(20)21)17-14(19)12(24-16(17)23)7-9-4-5-10(18)11(6-9)22-3/h4-8,13,18H,1-3H3,(H,20,21)/p-1/b12-7-/t13-/m0/s1. The number of hydrogen-bond acceptors (Lipinski definition) is 7. The van der Waals surface area contributed by atoms with E-state index in [1.807, 2.05) is 0 Å². The van der Waals surface area contributed by atoms with Crippen LogP contribution in [0, 0.1) is 5.92 Å². The predicted octanol–water partition coefficient (Wildman–Crippen LogP) is 1.38. The van der Waals surface area contributed by atoms with E-state index < -0.39 is 17.9 Å². The molecule has 1 atom stereocenters. The number of rotatable bonds is 5. The largest absolute Gasteiger partial charge is 0.548 e. The molecule has 0 saturated carbocycles. The number of benzene rings is 1. The highest BCUT2D eigenvalue weighted by molar-refractivity contribution is 8.26. The maximum atomic E-state index is 12.6. The Labute approximate surface area is 149 Å². The molecule has 24 heavy (non-hydrogen) atoms. The van der Waals surface area contributed by atoms with E-state index in [1.165, 1.54) is 13.2 Å². The van der Waals surface area contributed by atoms with Gasteiger partial charge in [0.05, 0.1) is 24.0 Å². The Morgan fingerprint density at radius 3 is 2.67 bits per heavy atom. The summed E-state index contributed by atoms with van der Waals surface area (Å²) in [6, 6.07) is 3.52. The van der Waals surface area contributed by atoms with Crippen molar-refractivity contribution in [1.82, 2.24) is 4.90 Å². The van der Waals surface area contributed by atoms with Crippen LogP contribution in [0.4, 0.5) is 0 Å². The van der Waals surface area contributed by atoms with Crippen LogP contribution in [-0.2, 0) is 9.59 Å². The van der Waals surface area contributed by atoms with Gasteiger partial charge in [0.1, 0.15) is 4.32 Å². The highest BCUT2D eigenvalue weighted by atomic mass is 32.2. The van der Waals surface area contributed by atoms with Gasteiger partial charge in [-0.2, -0.15) is 0 Å². The number of thiocarbonyl (C=S) groups is 1. The first-order valence-electron chi connectivity index (χ1n) is 7.11. The fourth-order valence-corrected chi connectivity index (χ4v) is 3.66. The van der Waals surface area contributed by atoms with Crippen molar-refractivity contribution in [3.63, 3.8) is 0 Å². The van der Waals surface area contributed by atoms with Gasteiger partial charge in [-0.05, 0) is 29.7 Å². The fraction of sp³-hybridized carbons (Fsp3) is 0.312. The Balaban J connectivity index is 2.36. The van der Waals surface area contributed by atoms with Crippen LogP contribution in [0.25, 0.3) is 6.08 Å². The van der Waals surface area contributed by atoms with E-state index in [1.54, 1.807) is 32.1 Å². The van der Waals surface area contributed by atoms with Crippen LogP contribution in [-0.4, -0.2) is 39.4 Å². The van der Waals surface area contributed by atoms with Crippen molar-refractivity contribution in [2.45, 2.75) is 19.9 Å². The van der Waals surface area contributed by atoms with Gasteiger partial charge in [-0.15, -0.1) is 0 Å². The molecule has 1 aromatic carbocycles. The zero-order valence-corrected chi connectivity index (χ0v) is 14.9. The Morgan fingerprint density at radius 1 is 1.46 bits per heavy atom. The minimum absolute atomic E-state index is 0.0148. The Kier molecular flexibility index (Phi) is 5.51. The summed E-state index contributed by atoms with van der Waals surface area (Å²) in [4.78, 5) is 25.3. The molecular weight excluding hydrogens is 350 g/mol. The van der Waals surface area contributed by atoms with Crippen LogP contribution < -0.4 is 9.84 Å². The fourth-order valence-electron chi connectivity index (χ4n) is 2.33. The number of hydrogen-bond donors (Lipinski definition) is 1. The van der Waals surface area contributed by atoms with Gasteiger partial charge in [0.2, 0.25) is 0 Å². The molecule has 1 aromatic rings. The number of ether oxygens (including phenoxy) is 1. The van der Waals surface area contributed by atoms with E-state index >= 15 is 0 Å². The normalized spacial score (nSPS) is 17.7. The van der Waals surface area contributed by atoms with Crippen molar-refractivity contribution < 1.29 is 24.5 Å². The van der Waals surface area contributed by atoms with E-state index in [9.17, 15) is 19.8 Å². The lowest BCUT2D eigenvalue weighted by Gasteiger charge is -2.30. The van der Waals surface area contributed by atoms with Gasteiger partial charge in [-0.25, -0.2) is 0 Å². The van der Waals surface area contributed by atoms with Crippen LogP contribution in [0.1, 0.15) is 19.4 Å². The molecule has 128 valence electrons. The third-order valence-electron chi connectivity index (χ3n) is 3.48. The summed E-state index contributed by atoms with van der Waals surface area (Å²) in [5, 5.41) is 21.0. The zero-order valence-electron chi connectivity index (χ0n) is 13.3. The number of nitrogens with zero attached hydrogens (tertiary/aromatic N) is 1. The molecule has 1 saturated heterocycles. The van der Waals surface area contributed by atoms with Crippen molar-refractivity contribution in [1.29, 1.82) is 0 Å². The highest BCUT2D eigenvalue weighted by Crippen LogP contribution is 2.36. The molecule has 0 spiro atoms. The zero-order chi connectivity index (χ0) is 18.0. The van der Waals surface area contributed by atoms with Crippen molar-refractivity contribution >= 4 is 46.3 Å². The van der Waals surface area contributed by atoms with Gasteiger partial charge in [-0.1, -0.05) is 43.9 Å². The molecule has 6 nitrogen and oxygen atoms in total. The van der Waals surface area contributed by atoms with Gasteiger partial charge in [0.25, 0.3) is 5.91 Å². The van der Waals surface area contributed by atoms with Crippen molar-refractivity contribution in [3.8, 4) is 11.5 Å². The summed E-state index contributed by atoms with van der Waals surface area (Å²) in [6.45, 7) is 3.38. The van der Waals surface area contributed by atoms with E-state index in [2.05, 4.69) is 0 Å². The van der Waals surface area contributed by atoms with Crippen molar-refractivity contribution in [2.75, 3.05) is 7.11 Å². The molecule has 1 heterocycles. The number of carbonyl (C=O) groups excluding carboxylic acids is 2. The maximum absolute atomic E-state index is 12.6. The van der Waals surface area contributed by atoms with Gasteiger partial charge < -0.3 is 19.7 Å². The summed E-state index contributed by atoms with van der Waals surface area (Å²) in [6.07, 6.45) is 1.58. The number of aromatic hydroxyl groups is 1. The average Bonchev–Trinajstić information content (AvgIpc) is 2.76. The topological polar surface area (TPSA) is 89.9 Å². The maximum Gasteiger partial charge on any atom is 0.266 e. The average molecular weight is 366 g/mol. The second kappa shape index (κ2) is 7.23. The number of carboxylic acids is 1. The summed E-state index contributed by atoms with van der Waals surface area (Å²) in [7, 11) is 1.42. The quantitative estimate of drug-likeness (QED) is 0.622. The van der Waals surface area contributed by atoms with E-state index in [4.69, 9.17) is 17.0 Å². The lowest BCUT2D eigenvalue weighted by Crippen LogP contribution is -2.52. The minimum atomic E-state index is -1.34. The minimum Gasteiger partial charge on any atom is -0.548 e. The number of aliphatic carboxylic acids is 1. The number of methoxy groups -OCH3 is 1. The summed E-state index contributed by atoms with van der Waals surface area (Å²) in [5.74, 6) is -1.90. The first-order valence-corrected chi connectivity index (χ1v) is 8.33. The lowest BCUT2D eigenvalue weighted by atomic mass is 10.0. The van der Waals surface area contributed by atoms with Gasteiger partial charge in [-0.3, -0.25) is 9.69 Å². The lowest BCUT2D eigenvalue weighted by molar-refractivity contribution is -0.311. The number of carbonyl (C=O) groups is 2. The van der Waals surface area contributed by atoms with Crippen molar-refractivity contribution in [3.05, 3.63) is 28.7 Å². The number of carboxylic acid groups (broad SMARTS) is 1. The van der Waals surface area contributed by atoms with Gasteiger partial charge in [0, 0.05) is 0 Å². The predicted molar refractivity (Wildman–Crippen MR) is 93.3 cm³/mol. The molecule has 2 rings (SSSR count). The molecule has 0 aliphatic carbocycles. The van der Waals surface area contributed by atoms with Gasteiger partial charge >= 0.3 is 0 Å². The molecule has 8 heteroatoms. The number of phenols is 1. The Hall–Kier alpha value is -2.06. The number of thioether (sulfide) groups is 1. The van der Waals surface area contributed by atoms with Gasteiger partial charge in [0.15, 0.2) is 11.5 Å². The van der Waals surface area contributed by atoms with Crippen LogP contribution >= 0.6 is 24.0 Å². The molecule has 1 aliphatic rings. The molecule has 0 bridgehead atoms. The second-order valence-electron chi connectivity index (χ2n) is 5.49. The monoisotopic (exact) mass is 366 g/mol. The first-order chi connectivity index (χ1) is 11.3. The molecular formula is C16H16NO5S2-. The summed E-state index contributed by atoms with van der Waals surface area (Å²) >= 11 is 6.20. The Bertz CT molecular complexity index is 729. The summed E-state index contributed by atoms with van der Waals surface area (Å²) in [5.41, 5.74) is 0.625.